The van der Waals surface area contributed by atoms with Gasteiger partial charge in [0, 0.05) is 19.6 Å². The van der Waals surface area contributed by atoms with Gasteiger partial charge in [-0.2, -0.15) is 0 Å². The third-order valence-electron chi connectivity index (χ3n) is 5.79. The van der Waals surface area contributed by atoms with Gasteiger partial charge in [0.05, 0.1) is 4.58 Å². The molecule has 4 rings (SSSR count). The molecule has 0 saturated carbocycles. The Balaban J connectivity index is 1.16. The highest BCUT2D eigenvalue weighted by atomic mass is 32.2. The average molecular weight is 457 g/mol. The Morgan fingerprint density at radius 2 is 1.81 bits per heavy atom. The number of rotatable bonds is 8. The van der Waals surface area contributed by atoms with Crippen LogP contribution in [-0.4, -0.2) is 48.6 Å². The van der Waals surface area contributed by atoms with Crippen LogP contribution >= 0.6 is 23.5 Å². The number of piperidine rings is 1. The van der Waals surface area contributed by atoms with E-state index in [9.17, 15) is 4.79 Å². The van der Waals surface area contributed by atoms with Crippen LogP contribution in [0.1, 0.15) is 35.0 Å². The first kappa shape index (κ1) is 22.6. The standard InChI is InChI=1S/C25H32N2O2S2/c28-24(19-29-23-11-9-22(10-12-23)25-30-14-5-15-31-25)26-16-21-8-4-13-27(18-21)17-20-6-2-1-3-7-20/h1-3,6-7,9-12,21,25H,4-5,8,13-19H2,(H,26,28). The Kier molecular flexibility index (Phi) is 8.62. The quantitative estimate of drug-likeness (QED) is 0.608. The summed E-state index contributed by atoms with van der Waals surface area (Å²) in [4.78, 5) is 14.8. The maximum Gasteiger partial charge on any atom is 0.257 e. The van der Waals surface area contributed by atoms with E-state index in [1.165, 1.54) is 41.9 Å². The van der Waals surface area contributed by atoms with Gasteiger partial charge in [-0.1, -0.05) is 42.5 Å². The SMILES string of the molecule is O=C(COc1ccc(C2SCCCS2)cc1)NCC1CCCN(Cc2ccccc2)C1. The van der Waals surface area contributed by atoms with Gasteiger partial charge in [0.2, 0.25) is 0 Å². The maximum atomic E-state index is 12.3. The lowest BCUT2D eigenvalue weighted by Crippen LogP contribution is -2.41. The minimum absolute atomic E-state index is 0.0392. The van der Waals surface area contributed by atoms with Crippen molar-refractivity contribution in [3.05, 3.63) is 65.7 Å². The van der Waals surface area contributed by atoms with E-state index >= 15 is 0 Å². The molecular formula is C25H32N2O2S2. The molecule has 0 spiro atoms. The van der Waals surface area contributed by atoms with E-state index in [-0.39, 0.29) is 12.5 Å². The maximum absolute atomic E-state index is 12.3. The molecule has 2 aliphatic rings. The van der Waals surface area contributed by atoms with Crippen LogP contribution in [0.3, 0.4) is 0 Å². The fourth-order valence-corrected chi connectivity index (χ4v) is 7.06. The van der Waals surface area contributed by atoms with Gasteiger partial charge in [0.15, 0.2) is 6.61 Å². The van der Waals surface area contributed by atoms with Crippen molar-refractivity contribution in [2.75, 3.05) is 37.7 Å². The third-order valence-corrected chi connectivity index (χ3v) is 8.80. The number of amides is 1. The van der Waals surface area contributed by atoms with Crippen molar-refractivity contribution in [1.82, 2.24) is 10.2 Å². The number of thioether (sulfide) groups is 2. The smallest absolute Gasteiger partial charge is 0.257 e. The monoisotopic (exact) mass is 456 g/mol. The zero-order chi connectivity index (χ0) is 21.3. The molecule has 0 bridgehead atoms. The number of hydrogen-bond donors (Lipinski definition) is 1. The molecular weight excluding hydrogens is 424 g/mol. The first-order chi connectivity index (χ1) is 15.3. The van der Waals surface area contributed by atoms with Gasteiger partial charge in [-0.3, -0.25) is 9.69 Å². The zero-order valence-corrected chi connectivity index (χ0v) is 19.6. The van der Waals surface area contributed by atoms with Gasteiger partial charge in [-0.25, -0.2) is 0 Å². The molecule has 0 aromatic heterocycles. The van der Waals surface area contributed by atoms with Gasteiger partial charge in [0.25, 0.3) is 5.91 Å². The number of carbonyl (C=O) groups excluding carboxylic acids is 1. The molecule has 1 amide bonds. The number of hydrogen-bond acceptors (Lipinski definition) is 5. The van der Waals surface area contributed by atoms with Crippen molar-refractivity contribution >= 4 is 29.4 Å². The number of benzene rings is 2. The molecule has 1 unspecified atom stereocenters. The van der Waals surface area contributed by atoms with Crippen molar-refractivity contribution in [3.8, 4) is 5.75 Å². The molecule has 4 nitrogen and oxygen atoms in total. The lowest BCUT2D eigenvalue weighted by molar-refractivity contribution is -0.123. The Morgan fingerprint density at radius 1 is 1.03 bits per heavy atom. The number of carbonyl (C=O) groups is 1. The highest BCUT2D eigenvalue weighted by molar-refractivity contribution is 8.16. The van der Waals surface area contributed by atoms with Crippen LogP contribution in [0.15, 0.2) is 54.6 Å². The van der Waals surface area contributed by atoms with E-state index in [2.05, 4.69) is 52.7 Å². The van der Waals surface area contributed by atoms with Crippen molar-refractivity contribution < 1.29 is 9.53 Å². The summed E-state index contributed by atoms with van der Waals surface area (Å²) in [6.45, 7) is 3.96. The molecule has 0 aliphatic carbocycles. The summed E-state index contributed by atoms with van der Waals surface area (Å²) < 4.78 is 6.24. The van der Waals surface area contributed by atoms with Crippen molar-refractivity contribution in [2.45, 2.75) is 30.4 Å². The molecule has 1 atom stereocenters. The van der Waals surface area contributed by atoms with E-state index in [0.717, 1.165) is 31.9 Å². The van der Waals surface area contributed by atoms with Gasteiger partial charge in [-0.15, -0.1) is 23.5 Å². The molecule has 2 aliphatic heterocycles. The first-order valence-electron chi connectivity index (χ1n) is 11.3. The van der Waals surface area contributed by atoms with E-state index in [4.69, 9.17) is 4.74 Å². The second-order valence-corrected chi connectivity index (χ2v) is 11.0. The topological polar surface area (TPSA) is 41.6 Å². The fourth-order valence-electron chi connectivity index (χ4n) is 4.16. The number of nitrogens with one attached hydrogen (secondary N) is 1. The number of likely N-dealkylation sites (tertiary alicyclic amines) is 1. The van der Waals surface area contributed by atoms with Crippen LogP contribution in [0, 0.1) is 5.92 Å². The fraction of sp³-hybridized carbons (Fsp3) is 0.480. The summed E-state index contributed by atoms with van der Waals surface area (Å²) in [6, 6.07) is 18.9. The van der Waals surface area contributed by atoms with Crippen LogP contribution in [0.25, 0.3) is 0 Å². The normalized spacial score (nSPS) is 20.3. The first-order valence-corrected chi connectivity index (χ1v) is 13.3. The van der Waals surface area contributed by atoms with E-state index < -0.39 is 0 Å². The Hall–Kier alpha value is -1.63. The van der Waals surface area contributed by atoms with E-state index in [0.29, 0.717) is 10.5 Å². The summed E-state index contributed by atoms with van der Waals surface area (Å²) in [5.74, 6) is 3.70. The molecule has 166 valence electrons. The largest absolute Gasteiger partial charge is 0.484 e. The van der Waals surface area contributed by atoms with Gasteiger partial charge in [-0.05, 0) is 66.5 Å². The molecule has 2 aromatic rings. The predicted octanol–water partition coefficient (Wildman–Crippen LogP) is 4.96. The third kappa shape index (κ3) is 7.19. The van der Waals surface area contributed by atoms with Gasteiger partial charge >= 0.3 is 0 Å². The van der Waals surface area contributed by atoms with Crippen LogP contribution in [-0.2, 0) is 11.3 Å². The van der Waals surface area contributed by atoms with Crippen LogP contribution in [0.2, 0.25) is 0 Å². The molecule has 6 heteroatoms. The highest BCUT2D eigenvalue weighted by Crippen LogP contribution is 2.43. The zero-order valence-electron chi connectivity index (χ0n) is 18.0. The summed E-state index contributed by atoms with van der Waals surface area (Å²) in [5, 5.41) is 3.07. The molecule has 2 fully saturated rings. The average Bonchev–Trinajstić information content (AvgIpc) is 2.83. The molecule has 1 N–H and O–H groups in total. The molecule has 2 saturated heterocycles. The predicted molar refractivity (Wildman–Crippen MR) is 132 cm³/mol. The summed E-state index contributed by atoms with van der Waals surface area (Å²) in [5.41, 5.74) is 2.69. The number of nitrogens with zero attached hydrogens (tertiary/aromatic N) is 1. The van der Waals surface area contributed by atoms with Crippen LogP contribution < -0.4 is 10.1 Å². The van der Waals surface area contributed by atoms with Crippen LogP contribution in [0.5, 0.6) is 5.75 Å². The summed E-state index contributed by atoms with van der Waals surface area (Å²) in [7, 11) is 0. The summed E-state index contributed by atoms with van der Waals surface area (Å²) >= 11 is 4.03. The van der Waals surface area contributed by atoms with Crippen molar-refractivity contribution in [1.29, 1.82) is 0 Å². The lowest BCUT2D eigenvalue weighted by Gasteiger charge is -2.32. The van der Waals surface area contributed by atoms with Crippen molar-refractivity contribution in [2.24, 2.45) is 5.92 Å². The summed E-state index contributed by atoms with van der Waals surface area (Å²) in [6.07, 6.45) is 3.66. The minimum atomic E-state index is -0.0392. The Bertz CT molecular complexity index is 810. The molecule has 2 heterocycles. The second kappa shape index (κ2) is 11.8. The van der Waals surface area contributed by atoms with E-state index in [1.807, 2.05) is 35.7 Å². The molecule has 0 radical (unpaired) electrons. The lowest BCUT2D eigenvalue weighted by atomic mass is 9.97. The molecule has 2 aromatic carbocycles. The second-order valence-electron chi connectivity index (χ2n) is 8.32. The Morgan fingerprint density at radius 3 is 2.58 bits per heavy atom. The van der Waals surface area contributed by atoms with E-state index in [1.54, 1.807) is 0 Å². The highest BCUT2D eigenvalue weighted by Gasteiger charge is 2.21. The van der Waals surface area contributed by atoms with Crippen LogP contribution in [0.4, 0.5) is 0 Å². The van der Waals surface area contributed by atoms with Gasteiger partial charge < -0.3 is 10.1 Å². The number of ether oxygens (including phenoxy) is 1. The minimum Gasteiger partial charge on any atom is -0.484 e. The van der Waals surface area contributed by atoms with Gasteiger partial charge in [0.1, 0.15) is 5.75 Å². The Labute approximate surface area is 194 Å². The van der Waals surface area contributed by atoms with Crippen molar-refractivity contribution in [3.63, 3.8) is 0 Å². The molecule has 31 heavy (non-hydrogen) atoms.